The standard InChI is InChI=1S/C17H22N2O6S/c1-25-15(20)11-18-26(23,24)12-2-3-13(16(21)22)14(10-12)19-8-6-17(4-5-17)7-9-19/h2-3,10,18H,4-9,11H2,1H3,(H,21,22). The molecule has 0 aromatic heterocycles. The molecule has 0 radical (unpaired) electrons. The lowest BCUT2D eigenvalue weighted by molar-refractivity contribution is -0.139. The third-order valence-electron chi connectivity index (χ3n) is 5.27. The Morgan fingerprint density at radius 1 is 1.23 bits per heavy atom. The monoisotopic (exact) mass is 382 g/mol. The van der Waals surface area contributed by atoms with Gasteiger partial charge < -0.3 is 14.7 Å². The second-order valence-electron chi connectivity index (χ2n) is 6.87. The number of carbonyl (C=O) groups excluding carboxylic acids is 1. The minimum Gasteiger partial charge on any atom is -0.478 e. The van der Waals surface area contributed by atoms with Gasteiger partial charge in [-0.2, -0.15) is 4.72 Å². The lowest BCUT2D eigenvalue weighted by Gasteiger charge is -2.34. The zero-order chi connectivity index (χ0) is 18.9. The molecule has 8 nitrogen and oxygen atoms in total. The van der Waals surface area contributed by atoms with E-state index in [9.17, 15) is 23.1 Å². The molecule has 0 bridgehead atoms. The van der Waals surface area contributed by atoms with Crippen molar-refractivity contribution >= 4 is 27.6 Å². The fourth-order valence-electron chi connectivity index (χ4n) is 3.33. The molecule has 26 heavy (non-hydrogen) atoms. The maximum Gasteiger partial charge on any atom is 0.337 e. The van der Waals surface area contributed by atoms with Gasteiger partial charge in [0.2, 0.25) is 10.0 Å². The number of aromatic carboxylic acids is 1. The van der Waals surface area contributed by atoms with Gasteiger partial charge in [0.1, 0.15) is 6.54 Å². The third kappa shape index (κ3) is 3.83. The summed E-state index contributed by atoms with van der Waals surface area (Å²) < 4.78 is 31.4. The first-order chi connectivity index (χ1) is 12.3. The molecule has 1 saturated heterocycles. The van der Waals surface area contributed by atoms with Crippen LogP contribution < -0.4 is 9.62 Å². The molecular weight excluding hydrogens is 360 g/mol. The molecular formula is C17H22N2O6S. The van der Waals surface area contributed by atoms with Gasteiger partial charge >= 0.3 is 11.9 Å². The van der Waals surface area contributed by atoms with Crippen molar-refractivity contribution in [2.45, 2.75) is 30.6 Å². The summed E-state index contributed by atoms with van der Waals surface area (Å²) in [6.45, 7) is 0.930. The van der Waals surface area contributed by atoms with Crippen LogP contribution in [0.2, 0.25) is 0 Å². The number of ether oxygens (including phenoxy) is 1. The van der Waals surface area contributed by atoms with Gasteiger partial charge in [-0.1, -0.05) is 0 Å². The van der Waals surface area contributed by atoms with Crippen molar-refractivity contribution in [3.8, 4) is 0 Å². The van der Waals surface area contributed by atoms with E-state index in [4.69, 9.17) is 0 Å². The molecule has 1 saturated carbocycles. The highest BCUT2D eigenvalue weighted by Crippen LogP contribution is 2.54. The molecule has 9 heteroatoms. The fraction of sp³-hybridized carbons (Fsp3) is 0.529. The number of sulfonamides is 1. The smallest absolute Gasteiger partial charge is 0.337 e. The number of carboxylic acids is 1. The van der Waals surface area contributed by atoms with E-state index in [1.165, 1.54) is 38.2 Å². The summed E-state index contributed by atoms with van der Waals surface area (Å²) in [6, 6.07) is 3.90. The Kier molecular flexibility index (Phi) is 4.94. The summed E-state index contributed by atoms with van der Waals surface area (Å²) in [4.78, 5) is 24.6. The van der Waals surface area contributed by atoms with Gasteiger partial charge in [-0.05, 0) is 49.3 Å². The zero-order valence-electron chi connectivity index (χ0n) is 14.5. The number of benzene rings is 1. The van der Waals surface area contributed by atoms with Crippen LogP contribution in [0.4, 0.5) is 5.69 Å². The Bertz CT molecular complexity index is 822. The number of nitrogens with one attached hydrogen (secondary N) is 1. The number of carbonyl (C=O) groups is 2. The van der Waals surface area contributed by atoms with Gasteiger partial charge in [0.15, 0.2) is 0 Å². The van der Waals surface area contributed by atoms with E-state index in [2.05, 4.69) is 9.46 Å². The van der Waals surface area contributed by atoms with E-state index < -0.39 is 28.5 Å². The lowest BCUT2D eigenvalue weighted by atomic mass is 9.93. The summed E-state index contributed by atoms with van der Waals surface area (Å²) in [5.74, 6) is -1.81. The van der Waals surface area contributed by atoms with E-state index in [1.54, 1.807) is 0 Å². The summed E-state index contributed by atoms with van der Waals surface area (Å²) in [6.07, 6.45) is 4.42. The number of nitrogens with zero attached hydrogens (tertiary/aromatic N) is 1. The first kappa shape index (κ1) is 18.7. The first-order valence-electron chi connectivity index (χ1n) is 8.45. The van der Waals surface area contributed by atoms with Gasteiger partial charge in [-0.25, -0.2) is 13.2 Å². The molecule has 1 aromatic carbocycles. The quantitative estimate of drug-likeness (QED) is 0.711. The van der Waals surface area contributed by atoms with Crippen LogP contribution in [0.5, 0.6) is 0 Å². The predicted molar refractivity (Wildman–Crippen MR) is 93.7 cm³/mol. The fourth-order valence-corrected chi connectivity index (χ4v) is 4.32. The Morgan fingerprint density at radius 2 is 1.88 bits per heavy atom. The average Bonchev–Trinajstić information content (AvgIpc) is 3.38. The highest BCUT2D eigenvalue weighted by Gasteiger charge is 2.44. The molecule has 1 heterocycles. The molecule has 3 rings (SSSR count). The molecule has 1 aromatic rings. The van der Waals surface area contributed by atoms with Crippen LogP contribution in [-0.2, 0) is 19.6 Å². The summed E-state index contributed by atoms with van der Waals surface area (Å²) in [7, 11) is -2.78. The Hall–Kier alpha value is -2.13. The molecule has 0 atom stereocenters. The van der Waals surface area contributed by atoms with Gasteiger partial charge in [0.25, 0.3) is 0 Å². The maximum atomic E-state index is 12.4. The Labute approximate surface area is 152 Å². The van der Waals surface area contributed by atoms with Crippen LogP contribution >= 0.6 is 0 Å². The zero-order valence-corrected chi connectivity index (χ0v) is 15.3. The van der Waals surface area contributed by atoms with Crippen LogP contribution in [0.3, 0.4) is 0 Å². The number of methoxy groups -OCH3 is 1. The van der Waals surface area contributed by atoms with E-state index in [-0.39, 0.29) is 10.5 Å². The molecule has 0 unspecified atom stereocenters. The van der Waals surface area contributed by atoms with Crippen molar-refractivity contribution in [2.75, 3.05) is 31.6 Å². The SMILES string of the molecule is COC(=O)CNS(=O)(=O)c1ccc(C(=O)O)c(N2CCC3(CC2)CC3)c1. The van der Waals surface area contributed by atoms with Crippen molar-refractivity contribution in [2.24, 2.45) is 5.41 Å². The maximum absolute atomic E-state index is 12.4. The molecule has 0 amide bonds. The molecule has 142 valence electrons. The number of piperidine rings is 1. The number of esters is 1. The van der Waals surface area contributed by atoms with Crippen LogP contribution in [-0.4, -0.2) is 52.2 Å². The van der Waals surface area contributed by atoms with Crippen molar-refractivity contribution < 1.29 is 27.9 Å². The average molecular weight is 382 g/mol. The molecule has 1 aliphatic heterocycles. The number of hydrogen-bond donors (Lipinski definition) is 2. The summed E-state index contributed by atoms with van der Waals surface area (Å²) in [5, 5.41) is 9.46. The minimum absolute atomic E-state index is 0.0728. The number of rotatable bonds is 6. The first-order valence-corrected chi connectivity index (χ1v) is 9.93. The molecule has 1 spiro atoms. The highest BCUT2D eigenvalue weighted by atomic mass is 32.2. The van der Waals surface area contributed by atoms with Crippen LogP contribution in [0.1, 0.15) is 36.0 Å². The van der Waals surface area contributed by atoms with Crippen LogP contribution in [0, 0.1) is 5.41 Å². The van der Waals surface area contributed by atoms with Crippen molar-refractivity contribution in [3.05, 3.63) is 23.8 Å². The van der Waals surface area contributed by atoms with Gasteiger partial charge in [0.05, 0.1) is 23.3 Å². The lowest BCUT2D eigenvalue weighted by Crippen LogP contribution is -2.36. The largest absolute Gasteiger partial charge is 0.478 e. The third-order valence-corrected chi connectivity index (χ3v) is 6.66. The number of hydrogen-bond acceptors (Lipinski definition) is 6. The van der Waals surface area contributed by atoms with Crippen molar-refractivity contribution in [1.29, 1.82) is 0 Å². The van der Waals surface area contributed by atoms with Gasteiger partial charge in [-0.3, -0.25) is 4.79 Å². The summed E-state index contributed by atoms with van der Waals surface area (Å²) in [5.41, 5.74) is 0.892. The normalized spacial score (nSPS) is 18.6. The highest BCUT2D eigenvalue weighted by molar-refractivity contribution is 7.89. The number of anilines is 1. The van der Waals surface area contributed by atoms with E-state index >= 15 is 0 Å². The van der Waals surface area contributed by atoms with Crippen molar-refractivity contribution in [1.82, 2.24) is 4.72 Å². The second-order valence-corrected chi connectivity index (χ2v) is 8.64. The van der Waals surface area contributed by atoms with E-state index in [0.717, 1.165) is 12.8 Å². The van der Waals surface area contributed by atoms with E-state index in [0.29, 0.717) is 24.2 Å². The second kappa shape index (κ2) is 6.88. The van der Waals surface area contributed by atoms with E-state index in [1.807, 2.05) is 4.90 Å². The Morgan fingerprint density at radius 3 is 2.42 bits per heavy atom. The Balaban J connectivity index is 1.86. The summed E-state index contributed by atoms with van der Waals surface area (Å²) >= 11 is 0. The number of carboxylic acid groups (broad SMARTS) is 1. The molecule has 2 fully saturated rings. The van der Waals surface area contributed by atoms with Gasteiger partial charge in [0, 0.05) is 13.1 Å². The predicted octanol–water partition coefficient (Wildman–Crippen LogP) is 1.22. The molecule has 1 aliphatic carbocycles. The van der Waals surface area contributed by atoms with Gasteiger partial charge in [-0.15, -0.1) is 0 Å². The van der Waals surface area contributed by atoms with Crippen molar-refractivity contribution in [3.63, 3.8) is 0 Å². The molecule has 2 N–H and O–H groups in total. The molecule has 2 aliphatic rings. The van der Waals surface area contributed by atoms with Crippen LogP contribution in [0.25, 0.3) is 0 Å². The minimum atomic E-state index is -3.95. The topological polar surface area (TPSA) is 113 Å². The van der Waals surface area contributed by atoms with Crippen LogP contribution in [0.15, 0.2) is 23.1 Å².